The molecule has 0 fully saturated rings. The Balaban J connectivity index is 3.23. The topological polar surface area (TPSA) is 17.8 Å². The predicted molar refractivity (Wildman–Crippen MR) is 33.2 cm³/mol. The molecule has 0 aliphatic rings. The third-order valence-corrected chi connectivity index (χ3v) is 1.45. The molecule has 1 aromatic heterocycles. The maximum atomic E-state index is 12.1. The van der Waals surface area contributed by atoms with Gasteiger partial charge in [0.05, 0.1) is 6.20 Å². The van der Waals surface area contributed by atoms with Crippen molar-refractivity contribution >= 4 is 0 Å². The summed E-state index contributed by atoms with van der Waals surface area (Å²) in [6.07, 6.45) is -7.31. The summed E-state index contributed by atoms with van der Waals surface area (Å²) >= 11 is 0. The fourth-order valence-corrected chi connectivity index (χ4v) is 0.906. The molecule has 13 heavy (non-hydrogen) atoms. The van der Waals surface area contributed by atoms with Gasteiger partial charge >= 0.3 is 6.30 Å². The van der Waals surface area contributed by atoms with Crippen LogP contribution in [0.15, 0.2) is 6.20 Å². The van der Waals surface area contributed by atoms with Crippen molar-refractivity contribution in [2.75, 3.05) is 0 Å². The molecule has 0 aliphatic heterocycles. The quantitative estimate of drug-likeness (QED) is 0.637. The molecule has 1 heterocycles. The van der Waals surface area contributed by atoms with E-state index in [0.29, 0.717) is 0 Å². The molecular formula is C6H5F5N2. The minimum atomic E-state index is -4.89. The largest absolute Gasteiger partial charge is 0.504 e. The number of hydrogen-bond donors (Lipinski definition) is 0. The first kappa shape index (κ1) is 9.94. The first-order chi connectivity index (χ1) is 5.84. The van der Waals surface area contributed by atoms with Crippen LogP contribution in [0.4, 0.5) is 22.0 Å². The Hall–Kier alpha value is -1.14. The SMILES string of the molecule is Cc1cnn(C(F)(F)F)c1C(F)F. The van der Waals surface area contributed by atoms with Crippen LogP contribution in [-0.4, -0.2) is 9.78 Å². The zero-order valence-corrected chi connectivity index (χ0v) is 6.44. The number of hydrogen-bond acceptors (Lipinski definition) is 1. The van der Waals surface area contributed by atoms with Gasteiger partial charge in [0.15, 0.2) is 0 Å². The molecule has 0 saturated heterocycles. The summed E-state index contributed by atoms with van der Waals surface area (Å²) in [7, 11) is 0. The lowest BCUT2D eigenvalue weighted by Gasteiger charge is -2.10. The molecular weight excluding hydrogens is 195 g/mol. The van der Waals surface area contributed by atoms with Crippen molar-refractivity contribution in [2.24, 2.45) is 0 Å². The van der Waals surface area contributed by atoms with Crippen LogP contribution in [0.25, 0.3) is 0 Å². The van der Waals surface area contributed by atoms with Crippen molar-refractivity contribution in [3.8, 4) is 0 Å². The summed E-state index contributed by atoms with van der Waals surface area (Å²) < 4.78 is 59.5. The van der Waals surface area contributed by atoms with Crippen molar-refractivity contribution in [2.45, 2.75) is 19.6 Å². The first-order valence-corrected chi connectivity index (χ1v) is 3.24. The van der Waals surface area contributed by atoms with Gasteiger partial charge in [-0.15, -0.1) is 13.2 Å². The molecule has 0 aliphatic carbocycles. The Morgan fingerprint density at radius 1 is 1.38 bits per heavy atom. The molecule has 0 unspecified atom stereocenters. The maximum absolute atomic E-state index is 12.1. The highest BCUT2D eigenvalue weighted by atomic mass is 19.4. The second-order valence-electron chi connectivity index (χ2n) is 2.39. The van der Waals surface area contributed by atoms with Gasteiger partial charge in [-0.1, -0.05) is 0 Å². The van der Waals surface area contributed by atoms with Crippen LogP contribution in [0.2, 0.25) is 0 Å². The van der Waals surface area contributed by atoms with Crippen LogP contribution < -0.4 is 0 Å². The van der Waals surface area contributed by atoms with Gasteiger partial charge in [0, 0.05) is 0 Å². The first-order valence-electron chi connectivity index (χ1n) is 3.24. The fraction of sp³-hybridized carbons (Fsp3) is 0.500. The molecule has 1 rings (SSSR count). The number of alkyl halides is 5. The molecule has 2 nitrogen and oxygen atoms in total. The van der Waals surface area contributed by atoms with Crippen LogP contribution in [-0.2, 0) is 6.30 Å². The van der Waals surface area contributed by atoms with E-state index in [1.165, 1.54) is 0 Å². The Morgan fingerprint density at radius 2 is 1.92 bits per heavy atom. The van der Waals surface area contributed by atoms with E-state index in [1.807, 2.05) is 0 Å². The molecule has 0 spiro atoms. The standard InChI is InChI=1S/C6H5F5N2/c1-3-2-12-13(6(9,10)11)4(3)5(7)8/h2,5H,1H3. The second kappa shape index (κ2) is 2.97. The number of nitrogens with zero attached hydrogens (tertiary/aromatic N) is 2. The smallest absolute Gasteiger partial charge is 0.203 e. The van der Waals surface area contributed by atoms with Crippen molar-refractivity contribution < 1.29 is 22.0 Å². The van der Waals surface area contributed by atoms with Gasteiger partial charge in [-0.2, -0.15) is 9.78 Å². The van der Waals surface area contributed by atoms with Gasteiger partial charge in [-0.05, 0) is 12.5 Å². The Kier molecular flexibility index (Phi) is 2.27. The summed E-state index contributed by atoms with van der Waals surface area (Å²) in [5.74, 6) is 0. The lowest BCUT2D eigenvalue weighted by atomic mass is 10.3. The van der Waals surface area contributed by atoms with Crippen LogP contribution >= 0.6 is 0 Å². The molecule has 0 saturated carbocycles. The van der Waals surface area contributed by atoms with Gasteiger partial charge in [0.25, 0.3) is 6.43 Å². The maximum Gasteiger partial charge on any atom is 0.504 e. The number of halogens is 5. The molecule has 7 heteroatoms. The molecule has 0 N–H and O–H groups in total. The average molecular weight is 200 g/mol. The zero-order chi connectivity index (χ0) is 10.2. The lowest BCUT2D eigenvalue weighted by molar-refractivity contribution is -0.216. The highest BCUT2D eigenvalue weighted by molar-refractivity contribution is 5.17. The van der Waals surface area contributed by atoms with Crippen LogP contribution in [0.3, 0.4) is 0 Å². The predicted octanol–water partition coefficient (Wildman–Crippen LogP) is 2.61. The normalized spacial score (nSPS) is 12.5. The van der Waals surface area contributed by atoms with Crippen LogP contribution in [0, 0.1) is 6.92 Å². The van der Waals surface area contributed by atoms with E-state index < -0.39 is 23.1 Å². The van der Waals surface area contributed by atoms with Gasteiger partial charge < -0.3 is 0 Å². The minimum Gasteiger partial charge on any atom is -0.203 e. The highest BCUT2D eigenvalue weighted by Crippen LogP contribution is 2.30. The third-order valence-electron chi connectivity index (χ3n) is 1.45. The van der Waals surface area contributed by atoms with Gasteiger partial charge in [-0.3, -0.25) is 0 Å². The van der Waals surface area contributed by atoms with Gasteiger partial charge in [-0.25, -0.2) is 8.78 Å². The Morgan fingerprint density at radius 3 is 2.23 bits per heavy atom. The number of aryl methyl sites for hydroxylation is 1. The fourth-order valence-electron chi connectivity index (χ4n) is 0.906. The minimum absolute atomic E-state index is 0.174. The van der Waals surface area contributed by atoms with Gasteiger partial charge in [0.2, 0.25) is 0 Å². The van der Waals surface area contributed by atoms with Gasteiger partial charge in [0.1, 0.15) is 5.69 Å². The molecule has 1 aromatic rings. The van der Waals surface area contributed by atoms with E-state index in [0.717, 1.165) is 13.1 Å². The van der Waals surface area contributed by atoms with Crippen molar-refractivity contribution in [1.82, 2.24) is 9.78 Å². The summed E-state index contributed by atoms with van der Waals surface area (Å²) in [6, 6.07) is 0. The highest BCUT2D eigenvalue weighted by Gasteiger charge is 2.37. The molecule has 0 radical (unpaired) electrons. The van der Waals surface area contributed by atoms with E-state index in [-0.39, 0.29) is 5.56 Å². The third kappa shape index (κ3) is 1.78. The van der Waals surface area contributed by atoms with E-state index in [4.69, 9.17) is 0 Å². The molecule has 0 aromatic carbocycles. The summed E-state index contributed by atoms with van der Waals surface area (Å²) in [5, 5.41) is 2.82. The van der Waals surface area contributed by atoms with Crippen LogP contribution in [0.1, 0.15) is 17.7 Å². The summed E-state index contributed by atoms with van der Waals surface area (Å²) in [4.78, 5) is 0. The number of aromatic nitrogens is 2. The lowest BCUT2D eigenvalue weighted by Crippen LogP contribution is -2.21. The van der Waals surface area contributed by atoms with E-state index in [2.05, 4.69) is 5.10 Å². The Labute approximate surface area is 70.0 Å². The molecule has 0 atom stereocenters. The van der Waals surface area contributed by atoms with E-state index in [1.54, 1.807) is 0 Å². The molecule has 74 valence electrons. The second-order valence-corrected chi connectivity index (χ2v) is 2.39. The average Bonchev–Trinajstić information content (AvgIpc) is 2.28. The van der Waals surface area contributed by atoms with Crippen LogP contribution in [0.5, 0.6) is 0 Å². The monoisotopic (exact) mass is 200 g/mol. The van der Waals surface area contributed by atoms with Crippen molar-refractivity contribution in [3.05, 3.63) is 17.5 Å². The summed E-state index contributed by atoms with van der Waals surface area (Å²) in [6.45, 7) is 1.15. The number of rotatable bonds is 1. The van der Waals surface area contributed by atoms with E-state index >= 15 is 0 Å². The molecule has 0 bridgehead atoms. The van der Waals surface area contributed by atoms with Crippen molar-refractivity contribution in [1.29, 1.82) is 0 Å². The molecule has 0 amide bonds. The van der Waals surface area contributed by atoms with Crippen molar-refractivity contribution in [3.63, 3.8) is 0 Å². The van der Waals surface area contributed by atoms with E-state index in [9.17, 15) is 22.0 Å². The summed E-state index contributed by atoms with van der Waals surface area (Å²) in [5.41, 5.74) is -1.28. The zero-order valence-electron chi connectivity index (χ0n) is 6.44. The Bertz CT molecular complexity index is 300.